The highest BCUT2D eigenvalue weighted by atomic mass is 127. The number of benzene rings is 2. The van der Waals surface area contributed by atoms with Crippen molar-refractivity contribution in [3.63, 3.8) is 0 Å². The Balaban J connectivity index is 2.09. The van der Waals surface area contributed by atoms with Crippen LogP contribution in [0.15, 0.2) is 36.4 Å². The van der Waals surface area contributed by atoms with Gasteiger partial charge >= 0.3 is 0 Å². The molecule has 0 heterocycles. The monoisotopic (exact) mass is 466 g/mol. The summed E-state index contributed by atoms with van der Waals surface area (Å²) >= 11 is 18.8. The van der Waals surface area contributed by atoms with Gasteiger partial charge in [0.1, 0.15) is 0 Å². The summed E-state index contributed by atoms with van der Waals surface area (Å²) in [7, 11) is 0. The Kier molecular flexibility index (Phi) is 5.85. The number of hydrogen-bond donors (Lipinski definition) is 3. The van der Waals surface area contributed by atoms with Crippen molar-refractivity contribution in [2.45, 2.75) is 0 Å². The summed E-state index contributed by atoms with van der Waals surface area (Å²) in [5.41, 5.74) is 0.690. The van der Waals surface area contributed by atoms with E-state index in [1.54, 1.807) is 18.2 Å². The molecule has 8 heteroatoms. The predicted octanol–water partition coefficient (Wildman–Crippen LogP) is 4.43. The molecule has 2 aromatic rings. The molecule has 0 bridgehead atoms. The third-order valence-corrected chi connectivity index (χ3v) is 3.97. The van der Waals surface area contributed by atoms with Crippen molar-refractivity contribution in [2.24, 2.45) is 0 Å². The van der Waals surface area contributed by atoms with E-state index >= 15 is 0 Å². The van der Waals surface area contributed by atoms with Crippen LogP contribution in [-0.4, -0.2) is 16.1 Å². The molecule has 2 rings (SSSR count). The van der Waals surface area contributed by atoms with Crippen LogP contribution in [0.2, 0.25) is 10.0 Å². The van der Waals surface area contributed by atoms with Gasteiger partial charge < -0.3 is 10.4 Å². The van der Waals surface area contributed by atoms with Crippen molar-refractivity contribution in [3.05, 3.63) is 55.6 Å². The first-order valence-corrected chi connectivity index (χ1v) is 8.17. The number of phenolic OH excluding ortho intramolecular Hbond substituents is 1. The van der Waals surface area contributed by atoms with Crippen molar-refractivity contribution < 1.29 is 9.90 Å². The van der Waals surface area contributed by atoms with E-state index in [4.69, 9.17) is 35.4 Å². The number of nitrogens with one attached hydrogen (secondary N) is 2. The summed E-state index contributed by atoms with van der Waals surface area (Å²) in [5, 5.41) is 15.5. The maximum Gasteiger partial charge on any atom is 0.257 e. The van der Waals surface area contributed by atoms with E-state index in [1.807, 2.05) is 6.07 Å². The average Bonchev–Trinajstić information content (AvgIpc) is 2.44. The van der Waals surface area contributed by atoms with E-state index in [1.165, 1.54) is 12.1 Å². The van der Waals surface area contributed by atoms with Crippen molar-refractivity contribution in [1.29, 1.82) is 0 Å². The molecule has 22 heavy (non-hydrogen) atoms. The maximum absolute atomic E-state index is 12.1. The molecule has 0 saturated carbocycles. The molecule has 4 nitrogen and oxygen atoms in total. The second-order valence-corrected chi connectivity index (χ2v) is 6.70. The molecular weight excluding hydrogens is 458 g/mol. The molecule has 0 saturated heterocycles. The topological polar surface area (TPSA) is 61.4 Å². The first-order chi connectivity index (χ1) is 10.4. The average molecular weight is 467 g/mol. The summed E-state index contributed by atoms with van der Waals surface area (Å²) in [6.07, 6.45) is 0. The number of halogens is 3. The minimum atomic E-state index is -0.358. The van der Waals surface area contributed by atoms with Crippen LogP contribution in [0.4, 0.5) is 5.69 Å². The zero-order valence-electron chi connectivity index (χ0n) is 10.9. The normalized spacial score (nSPS) is 10.1. The van der Waals surface area contributed by atoms with E-state index in [-0.39, 0.29) is 27.5 Å². The number of rotatable bonds is 2. The van der Waals surface area contributed by atoms with Gasteiger partial charge in [-0.2, -0.15) is 0 Å². The number of thiocarbonyl (C=S) groups is 1. The third kappa shape index (κ3) is 4.45. The summed E-state index contributed by atoms with van der Waals surface area (Å²) in [6.45, 7) is 0. The Bertz CT molecular complexity index is 756. The zero-order valence-corrected chi connectivity index (χ0v) is 15.3. The van der Waals surface area contributed by atoms with Crippen LogP contribution < -0.4 is 10.6 Å². The van der Waals surface area contributed by atoms with Crippen molar-refractivity contribution >= 4 is 74.7 Å². The lowest BCUT2D eigenvalue weighted by Crippen LogP contribution is -2.34. The summed E-state index contributed by atoms with van der Waals surface area (Å²) in [4.78, 5) is 12.1. The fraction of sp³-hybridized carbons (Fsp3) is 0. The second-order valence-electron chi connectivity index (χ2n) is 4.20. The Morgan fingerprint density at radius 2 is 1.95 bits per heavy atom. The molecule has 0 radical (unpaired) electrons. The van der Waals surface area contributed by atoms with Crippen LogP contribution in [0.1, 0.15) is 10.4 Å². The van der Waals surface area contributed by atoms with E-state index in [0.717, 1.165) is 3.57 Å². The van der Waals surface area contributed by atoms with E-state index in [0.29, 0.717) is 10.6 Å². The van der Waals surface area contributed by atoms with Gasteiger partial charge in [0, 0.05) is 14.2 Å². The zero-order chi connectivity index (χ0) is 16.3. The lowest BCUT2D eigenvalue weighted by molar-refractivity contribution is 0.0977. The maximum atomic E-state index is 12.1. The van der Waals surface area contributed by atoms with Crippen LogP contribution >= 0.6 is 58.0 Å². The number of anilines is 1. The summed E-state index contributed by atoms with van der Waals surface area (Å²) < 4.78 is 0.934. The highest BCUT2D eigenvalue weighted by Gasteiger charge is 2.12. The number of carbonyl (C=O) groups is 1. The molecule has 3 N–H and O–H groups in total. The second kappa shape index (κ2) is 7.45. The Morgan fingerprint density at radius 1 is 1.23 bits per heavy atom. The quantitative estimate of drug-likeness (QED) is 0.348. The Morgan fingerprint density at radius 3 is 2.64 bits per heavy atom. The fourth-order valence-electron chi connectivity index (χ4n) is 1.62. The number of hydrogen-bond acceptors (Lipinski definition) is 3. The van der Waals surface area contributed by atoms with Gasteiger partial charge in [-0.05, 0) is 65.1 Å². The number of phenols is 1. The molecule has 0 aliphatic carbocycles. The molecule has 114 valence electrons. The van der Waals surface area contributed by atoms with Crippen LogP contribution in [0, 0.1) is 3.57 Å². The van der Waals surface area contributed by atoms with Gasteiger partial charge in [0.05, 0.1) is 10.7 Å². The van der Waals surface area contributed by atoms with E-state index in [2.05, 4.69) is 33.2 Å². The standard InChI is InChI=1S/C14H9Cl2IN2O2S/c15-8-5-10(16)12(20)11(6-8)18-14(22)19-13(21)7-2-1-3-9(17)4-7/h1-6,20H,(H2,18,19,21,22). The SMILES string of the molecule is O=C(NC(=S)Nc1cc(Cl)cc(Cl)c1O)c1cccc(I)c1. The fourth-order valence-corrected chi connectivity index (χ4v) is 2.86. The lowest BCUT2D eigenvalue weighted by atomic mass is 10.2. The van der Waals surface area contributed by atoms with Crippen molar-refractivity contribution in [3.8, 4) is 5.75 Å². The summed E-state index contributed by atoms with van der Waals surface area (Å²) in [5.74, 6) is -0.555. The van der Waals surface area contributed by atoms with Crippen LogP contribution in [0.25, 0.3) is 0 Å². The molecular formula is C14H9Cl2IN2O2S. The molecule has 0 atom stereocenters. The van der Waals surface area contributed by atoms with E-state index < -0.39 is 0 Å². The highest BCUT2D eigenvalue weighted by Crippen LogP contribution is 2.34. The van der Waals surface area contributed by atoms with Crippen LogP contribution in [0.5, 0.6) is 5.75 Å². The summed E-state index contributed by atoms with van der Waals surface area (Å²) in [6, 6.07) is 9.90. The van der Waals surface area contributed by atoms with Crippen molar-refractivity contribution in [1.82, 2.24) is 5.32 Å². The lowest BCUT2D eigenvalue weighted by Gasteiger charge is -2.12. The minimum Gasteiger partial charge on any atom is -0.504 e. The molecule has 0 spiro atoms. The Labute approximate surface area is 156 Å². The molecule has 0 aliphatic heterocycles. The van der Waals surface area contributed by atoms with Crippen molar-refractivity contribution in [2.75, 3.05) is 5.32 Å². The van der Waals surface area contributed by atoms with Gasteiger partial charge in [-0.25, -0.2) is 0 Å². The first-order valence-electron chi connectivity index (χ1n) is 5.92. The van der Waals surface area contributed by atoms with Crippen LogP contribution in [0.3, 0.4) is 0 Å². The van der Waals surface area contributed by atoms with Gasteiger partial charge in [-0.3, -0.25) is 10.1 Å². The predicted molar refractivity (Wildman–Crippen MR) is 101 cm³/mol. The van der Waals surface area contributed by atoms with Gasteiger partial charge in [-0.15, -0.1) is 0 Å². The molecule has 0 unspecified atom stereocenters. The van der Waals surface area contributed by atoms with Gasteiger partial charge in [0.25, 0.3) is 5.91 Å². The molecule has 1 amide bonds. The smallest absolute Gasteiger partial charge is 0.257 e. The van der Waals surface area contributed by atoms with Gasteiger partial charge in [0.2, 0.25) is 0 Å². The van der Waals surface area contributed by atoms with Gasteiger partial charge in [-0.1, -0.05) is 29.3 Å². The highest BCUT2D eigenvalue weighted by molar-refractivity contribution is 14.1. The molecule has 0 aliphatic rings. The van der Waals surface area contributed by atoms with Crippen LogP contribution in [-0.2, 0) is 0 Å². The minimum absolute atomic E-state index is 0.0255. The largest absolute Gasteiger partial charge is 0.504 e. The third-order valence-electron chi connectivity index (χ3n) is 2.59. The molecule has 2 aromatic carbocycles. The van der Waals surface area contributed by atoms with Gasteiger partial charge in [0.15, 0.2) is 10.9 Å². The van der Waals surface area contributed by atoms with E-state index in [9.17, 15) is 9.90 Å². The number of amides is 1. The molecule has 0 aromatic heterocycles. The molecule has 0 fully saturated rings. The first kappa shape index (κ1) is 17.3. The number of carbonyl (C=O) groups excluding carboxylic acids is 1. The number of aromatic hydroxyl groups is 1. The Hall–Kier alpha value is -1.09.